The van der Waals surface area contributed by atoms with E-state index >= 15 is 0 Å². The first kappa shape index (κ1) is 49.7. The Morgan fingerprint density at radius 2 is 0.623 bits per heavy atom. The summed E-state index contributed by atoms with van der Waals surface area (Å²) in [6.07, 6.45) is 17.3. The lowest BCUT2D eigenvalue weighted by Crippen LogP contribution is -2.27. The Bertz CT molecular complexity index is 910. The second-order valence-electron chi connectivity index (χ2n) is 12.8. The topological polar surface area (TPSA) is 186 Å². The van der Waals surface area contributed by atoms with Gasteiger partial charge in [0.05, 0.1) is 19.8 Å². The molecule has 0 atom stereocenters. The number of nitrogens with one attached hydrogen (secondary N) is 3. The van der Waals surface area contributed by atoms with Gasteiger partial charge < -0.3 is 49.1 Å². The van der Waals surface area contributed by atoms with Gasteiger partial charge in [-0.2, -0.15) is 0 Å². The molecular formula is C38H71N3O12. The molecule has 0 rings (SSSR count). The summed E-state index contributed by atoms with van der Waals surface area (Å²) in [6, 6.07) is 0. The fourth-order valence-electron chi connectivity index (χ4n) is 5.04. The third-order valence-corrected chi connectivity index (χ3v) is 8.08. The molecule has 0 spiro atoms. The number of hydrogen-bond acceptors (Lipinski definition) is 12. The summed E-state index contributed by atoms with van der Waals surface area (Å²) in [7, 11) is 3.26. The van der Waals surface area contributed by atoms with Crippen LogP contribution in [-0.4, -0.2) is 110 Å². The third kappa shape index (κ3) is 39.7. The Hall–Kier alpha value is -3.33. The molecule has 3 N–H and O–H groups in total. The summed E-state index contributed by atoms with van der Waals surface area (Å²) in [5, 5.41) is 8.26. The fraction of sp³-hybridized carbons (Fsp3) is 0.868. The van der Waals surface area contributed by atoms with E-state index in [1.165, 1.54) is 32.8 Å². The number of ether oxygens (including phenoxy) is 7. The smallest absolute Gasteiger partial charge is 0.407 e. The number of carbonyl (C=O) groups excluding carboxylic acids is 5. The van der Waals surface area contributed by atoms with Crippen LogP contribution in [0.4, 0.5) is 14.4 Å². The lowest BCUT2D eigenvalue weighted by molar-refractivity contribution is -0.147. The van der Waals surface area contributed by atoms with E-state index in [4.69, 9.17) is 33.2 Å². The maximum Gasteiger partial charge on any atom is 0.407 e. The van der Waals surface area contributed by atoms with Crippen molar-refractivity contribution in [3.63, 3.8) is 0 Å². The summed E-state index contributed by atoms with van der Waals surface area (Å²) < 4.78 is 35.3. The quantitative estimate of drug-likeness (QED) is 0.0345. The lowest BCUT2D eigenvalue weighted by atomic mass is 10.1. The number of methoxy groups -OCH3 is 2. The molecule has 0 aromatic rings. The van der Waals surface area contributed by atoms with Crippen LogP contribution in [0.1, 0.15) is 135 Å². The molecule has 0 saturated carbocycles. The zero-order valence-electron chi connectivity index (χ0n) is 32.8. The van der Waals surface area contributed by atoms with Crippen LogP contribution in [0, 0.1) is 0 Å². The molecule has 0 aliphatic heterocycles. The molecule has 0 saturated heterocycles. The molecule has 310 valence electrons. The first-order valence-electron chi connectivity index (χ1n) is 19.9. The van der Waals surface area contributed by atoms with Gasteiger partial charge in [0.1, 0.15) is 19.8 Å². The highest BCUT2D eigenvalue weighted by molar-refractivity contribution is 5.71. The van der Waals surface area contributed by atoms with E-state index in [9.17, 15) is 24.0 Å². The number of carbonyl (C=O) groups is 5. The normalized spacial score (nSPS) is 10.7. The van der Waals surface area contributed by atoms with E-state index in [0.717, 1.165) is 90.1 Å². The van der Waals surface area contributed by atoms with Gasteiger partial charge in [-0.05, 0) is 51.4 Å². The van der Waals surface area contributed by atoms with Gasteiger partial charge in [-0.1, -0.05) is 70.6 Å². The molecule has 0 aromatic carbocycles. The van der Waals surface area contributed by atoms with Gasteiger partial charge in [-0.15, -0.1) is 0 Å². The van der Waals surface area contributed by atoms with Crippen molar-refractivity contribution in [1.29, 1.82) is 0 Å². The van der Waals surface area contributed by atoms with Crippen LogP contribution in [0.15, 0.2) is 0 Å². The van der Waals surface area contributed by atoms with Crippen molar-refractivity contribution in [2.45, 2.75) is 135 Å². The molecule has 0 radical (unpaired) electrons. The number of rotatable bonds is 37. The first-order valence-corrected chi connectivity index (χ1v) is 19.9. The molecule has 53 heavy (non-hydrogen) atoms. The van der Waals surface area contributed by atoms with E-state index in [-0.39, 0.29) is 44.7 Å². The maximum absolute atomic E-state index is 11.9. The number of amides is 3. The van der Waals surface area contributed by atoms with Crippen molar-refractivity contribution in [1.82, 2.24) is 16.0 Å². The highest BCUT2D eigenvalue weighted by atomic mass is 16.6. The van der Waals surface area contributed by atoms with Crippen molar-refractivity contribution in [2.24, 2.45) is 0 Å². The highest BCUT2D eigenvalue weighted by Gasteiger charge is 2.08. The zero-order valence-corrected chi connectivity index (χ0v) is 32.8. The second kappa shape index (κ2) is 39.9. The summed E-state index contributed by atoms with van der Waals surface area (Å²) in [5.74, 6) is -0.731. The van der Waals surface area contributed by atoms with E-state index in [2.05, 4.69) is 16.0 Å². The number of hydrogen-bond donors (Lipinski definition) is 3. The molecule has 0 heterocycles. The van der Waals surface area contributed by atoms with Crippen LogP contribution in [0.5, 0.6) is 0 Å². The second-order valence-corrected chi connectivity index (χ2v) is 12.8. The Balaban J connectivity index is 3.39. The summed E-state index contributed by atoms with van der Waals surface area (Å²) in [5.41, 5.74) is 0. The predicted molar refractivity (Wildman–Crippen MR) is 201 cm³/mol. The van der Waals surface area contributed by atoms with Gasteiger partial charge >= 0.3 is 30.2 Å². The van der Waals surface area contributed by atoms with Crippen molar-refractivity contribution in [3.05, 3.63) is 0 Å². The molecule has 0 unspecified atom stereocenters. The van der Waals surface area contributed by atoms with E-state index in [1.54, 1.807) is 7.11 Å². The van der Waals surface area contributed by atoms with E-state index < -0.39 is 18.2 Å². The fourth-order valence-corrected chi connectivity index (χ4v) is 5.04. The Kier molecular flexibility index (Phi) is 37.4. The monoisotopic (exact) mass is 762 g/mol. The van der Waals surface area contributed by atoms with Crippen LogP contribution in [0.2, 0.25) is 0 Å². The average molecular weight is 762 g/mol. The van der Waals surface area contributed by atoms with Crippen molar-refractivity contribution in [2.75, 3.05) is 80.1 Å². The molecule has 3 amide bonds. The summed E-state index contributed by atoms with van der Waals surface area (Å²) in [4.78, 5) is 58.6. The first-order chi connectivity index (χ1) is 25.9. The maximum atomic E-state index is 11.9. The van der Waals surface area contributed by atoms with Crippen LogP contribution in [0.3, 0.4) is 0 Å². The molecule has 0 aliphatic rings. The Labute approximate surface area is 317 Å². The van der Waals surface area contributed by atoms with Crippen LogP contribution in [0.25, 0.3) is 0 Å². The minimum atomic E-state index is -0.559. The lowest BCUT2D eigenvalue weighted by Gasteiger charge is -2.08. The van der Waals surface area contributed by atoms with Crippen molar-refractivity contribution < 1.29 is 57.1 Å². The minimum absolute atomic E-state index is 0.0247. The Morgan fingerprint density at radius 3 is 1.02 bits per heavy atom. The van der Waals surface area contributed by atoms with Crippen molar-refractivity contribution >= 4 is 30.2 Å². The van der Waals surface area contributed by atoms with Gasteiger partial charge in [0.2, 0.25) is 0 Å². The minimum Gasteiger partial charge on any atom is -0.463 e. The summed E-state index contributed by atoms with van der Waals surface area (Å²) in [6.45, 7) is 3.86. The third-order valence-electron chi connectivity index (χ3n) is 8.08. The molecule has 15 nitrogen and oxygen atoms in total. The number of alkyl carbamates (subject to hydrolysis) is 3. The SMILES string of the molecule is COCCCCCCCCCOC(=O)NCCCCCCCNC(=O)OCCCCCCCNC(=O)OCCOC(=O)CCCCC(=O)OCCOC. The largest absolute Gasteiger partial charge is 0.463 e. The molecule has 0 aromatic heterocycles. The van der Waals surface area contributed by atoms with Crippen LogP contribution < -0.4 is 16.0 Å². The van der Waals surface area contributed by atoms with Crippen molar-refractivity contribution in [3.8, 4) is 0 Å². The number of unbranched alkanes of at least 4 members (excludes halogenated alkanes) is 15. The molecule has 0 aliphatic carbocycles. The van der Waals surface area contributed by atoms with Crippen LogP contribution in [-0.2, 0) is 42.7 Å². The molecule has 0 bridgehead atoms. The van der Waals surface area contributed by atoms with Crippen LogP contribution >= 0.6 is 0 Å². The van der Waals surface area contributed by atoms with Gasteiger partial charge in [0.15, 0.2) is 0 Å². The van der Waals surface area contributed by atoms with Gasteiger partial charge in [0.25, 0.3) is 0 Å². The average Bonchev–Trinajstić information content (AvgIpc) is 3.14. The molecule has 0 fully saturated rings. The standard InChI is InChI=1S/C38H71N3O12/c1-47-27-19-11-4-3-5-12-20-28-51-36(44)39-24-16-8-6-9-17-25-40-37(45)52-29-21-13-7-10-18-26-41-38(46)53-33-32-50-35(43)23-15-14-22-34(42)49-31-30-48-2/h3-33H2,1-2H3,(H,39,44)(H,40,45)(H,41,46). The van der Waals surface area contributed by atoms with Gasteiger partial charge in [0, 0.05) is 53.3 Å². The Morgan fingerprint density at radius 1 is 0.321 bits per heavy atom. The van der Waals surface area contributed by atoms with E-state index in [1.807, 2.05) is 0 Å². The summed E-state index contributed by atoms with van der Waals surface area (Å²) >= 11 is 0. The molecular weight excluding hydrogens is 690 g/mol. The molecule has 15 heteroatoms. The number of esters is 2. The van der Waals surface area contributed by atoms with E-state index in [0.29, 0.717) is 52.3 Å². The van der Waals surface area contributed by atoms with Gasteiger partial charge in [-0.25, -0.2) is 14.4 Å². The zero-order chi connectivity index (χ0) is 38.9. The highest BCUT2D eigenvalue weighted by Crippen LogP contribution is 2.08. The van der Waals surface area contributed by atoms with Gasteiger partial charge in [-0.3, -0.25) is 9.59 Å². The predicted octanol–water partition coefficient (Wildman–Crippen LogP) is 6.74.